The lowest BCUT2D eigenvalue weighted by Gasteiger charge is -2.44. The Balaban J connectivity index is 1.66. The highest BCUT2D eigenvalue weighted by Crippen LogP contribution is 2.52. The van der Waals surface area contributed by atoms with Gasteiger partial charge in [0, 0.05) is 16.8 Å². The van der Waals surface area contributed by atoms with E-state index in [0.717, 1.165) is 12.8 Å². The molecule has 1 heteroatoms. The molecule has 1 aliphatic rings. The summed E-state index contributed by atoms with van der Waals surface area (Å²) < 4.78 is 0. The second-order valence-corrected chi connectivity index (χ2v) is 13.0. The van der Waals surface area contributed by atoms with E-state index >= 15 is 0 Å². The molecule has 39 heavy (non-hydrogen) atoms. The highest BCUT2D eigenvalue weighted by molar-refractivity contribution is 5.82. The number of hydrogen-bond donors (Lipinski definition) is 0. The zero-order chi connectivity index (χ0) is 28.2. The van der Waals surface area contributed by atoms with Crippen LogP contribution in [0.5, 0.6) is 0 Å². The Bertz CT molecular complexity index is 1440. The van der Waals surface area contributed by atoms with Crippen LogP contribution in [0.25, 0.3) is 11.1 Å². The molecular weight excluding hydrogens is 470 g/mol. The van der Waals surface area contributed by atoms with Crippen molar-refractivity contribution in [2.75, 3.05) is 4.90 Å². The van der Waals surface area contributed by atoms with Crippen molar-refractivity contribution in [3.05, 3.63) is 118 Å². The second kappa shape index (κ2) is 9.70. The predicted molar refractivity (Wildman–Crippen MR) is 169 cm³/mol. The zero-order valence-electron chi connectivity index (χ0n) is 25.4. The zero-order valence-corrected chi connectivity index (χ0v) is 25.4. The van der Waals surface area contributed by atoms with Crippen molar-refractivity contribution in [2.45, 2.75) is 91.5 Å². The van der Waals surface area contributed by atoms with Crippen molar-refractivity contribution in [3.8, 4) is 11.1 Å². The maximum absolute atomic E-state index is 2.55. The minimum absolute atomic E-state index is 0.0479. The molecule has 202 valence electrons. The Hall–Kier alpha value is -3.32. The molecule has 0 heterocycles. The van der Waals surface area contributed by atoms with Gasteiger partial charge < -0.3 is 4.90 Å². The van der Waals surface area contributed by atoms with Crippen LogP contribution in [0.4, 0.5) is 11.4 Å². The van der Waals surface area contributed by atoms with Crippen molar-refractivity contribution in [2.24, 2.45) is 0 Å². The first-order valence-electron chi connectivity index (χ1n) is 14.7. The molecule has 1 atom stereocenters. The van der Waals surface area contributed by atoms with E-state index in [9.17, 15) is 0 Å². The number of hydrogen-bond acceptors (Lipinski definition) is 1. The summed E-state index contributed by atoms with van der Waals surface area (Å²) in [5.74, 6) is 0. The summed E-state index contributed by atoms with van der Waals surface area (Å²) in [6, 6.07) is 32.5. The Kier molecular flexibility index (Phi) is 6.78. The number of benzene rings is 4. The average molecular weight is 516 g/mol. The second-order valence-electron chi connectivity index (χ2n) is 13.0. The quantitative estimate of drug-likeness (QED) is 0.236. The van der Waals surface area contributed by atoms with Crippen LogP contribution in [-0.2, 0) is 16.4 Å². The fraction of sp³-hybridized carbons (Fsp3) is 0.368. The first-order chi connectivity index (χ1) is 18.4. The summed E-state index contributed by atoms with van der Waals surface area (Å²) in [4.78, 5) is 2.55. The van der Waals surface area contributed by atoms with Gasteiger partial charge in [-0.2, -0.15) is 0 Å². The van der Waals surface area contributed by atoms with Crippen LogP contribution in [0, 0.1) is 13.8 Å². The Morgan fingerprint density at radius 3 is 1.46 bits per heavy atom. The molecule has 0 radical (unpaired) electrons. The van der Waals surface area contributed by atoms with E-state index in [1.165, 1.54) is 55.9 Å². The molecular formula is C38H45N. The van der Waals surface area contributed by atoms with Crippen molar-refractivity contribution in [1.82, 2.24) is 0 Å². The SMILES string of the molecule is CCC(C)(C)c1ccc2c(c1)C(C)(C)c1cc(C(C)(CC)N(c3ccc(C)cc3)c3ccc(C)cc3)ccc1-2. The van der Waals surface area contributed by atoms with E-state index in [2.05, 4.69) is 152 Å². The fourth-order valence-corrected chi connectivity index (χ4v) is 6.30. The van der Waals surface area contributed by atoms with Crippen molar-refractivity contribution >= 4 is 11.4 Å². The molecule has 0 fully saturated rings. The predicted octanol–water partition coefficient (Wildman–Crippen LogP) is 10.8. The smallest absolute Gasteiger partial charge is 0.0671 e. The van der Waals surface area contributed by atoms with E-state index in [1.807, 2.05) is 0 Å². The van der Waals surface area contributed by atoms with Crippen LogP contribution in [0.15, 0.2) is 84.9 Å². The van der Waals surface area contributed by atoms with Crippen molar-refractivity contribution in [1.29, 1.82) is 0 Å². The molecule has 0 aliphatic heterocycles. The minimum atomic E-state index is -0.222. The van der Waals surface area contributed by atoms with Gasteiger partial charge in [-0.1, -0.05) is 113 Å². The van der Waals surface area contributed by atoms with E-state index in [-0.39, 0.29) is 16.4 Å². The van der Waals surface area contributed by atoms with Gasteiger partial charge in [-0.25, -0.2) is 0 Å². The van der Waals surface area contributed by atoms with Crippen LogP contribution in [-0.4, -0.2) is 0 Å². The molecule has 0 saturated heterocycles. The molecule has 4 aromatic carbocycles. The maximum Gasteiger partial charge on any atom is 0.0671 e. The number of rotatable bonds is 7. The van der Waals surface area contributed by atoms with Gasteiger partial charge in [-0.3, -0.25) is 0 Å². The molecule has 4 aromatic rings. The molecule has 0 spiro atoms. The summed E-state index contributed by atoms with van der Waals surface area (Å²) >= 11 is 0. The molecule has 0 aromatic heterocycles. The minimum Gasteiger partial charge on any atom is -0.331 e. The molecule has 5 rings (SSSR count). The summed E-state index contributed by atoms with van der Waals surface area (Å²) in [5, 5.41) is 0. The number of aryl methyl sites for hydroxylation is 2. The first kappa shape index (κ1) is 27.3. The third-order valence-corrected chi connectivity index (χ3v) is 9.73. The molecule has 0 amide bonds. The van der Waals surface area contributed by atoms with Gasteiger partial charge in [-0.15, -0.1) is 0 Å². The maximum atomic E-state index is 2.55. The van der Waals surface area contributed by atoms with Crippen LogP contribution in [0.1, 0.15) is 94.7 Å². The monoisotopic (exact) mass is 515 g/mol. The molecule has 0 bridgehead atoms. The Morgan fingerprint density at radius 1 is 0.590 bits per heavy atom. The third kappa shape index (κ3) is 4.50. The topological polar surface area (TPSA) is 3.24 Å². The van der Waals surface area contributed by atoms with Crippen LogP contribution in [0.3, 0.4) is 0 Å². The van der Waals surface area contributed by atoms with Gasteiger partial charge in [0.05, 0.1) is 5.54 Å². The van der Waals surface area contributed by atoms with Crippen LogP contribution in [0.2, 0.25) is 0 Å². The Morgan fingerprint density at radius 2 is 1.03 bits per heavy atom. The van der Waals surface area contributed by atoms with Crippen LogP contribution < -0.4 is 4.90 Å². The van der Waals surface area contributed by atoms with E-state index < -0.39 is 0 Å². The van der Waals surface area contributed by atoms with E-state index in [1.54, 1.807) is 0 Å². The summed E-state index contributed by atoms with van der Waals surface area (Å²) in [5.41, 5.74) is 13.4. The van der Waals surface area contributed by atoms with E-state index in [0.29, 0.717) is 0 Å². The fourth-order valence-electron chi connectivity index (χ4n) is 6.30. The van der Waals surface area contributed by atoms with Gasteiger partial charge in [0.25, 0.3) is 0 Å². The first-order valence-corrected chi connectivity index (χ1v) is 14.7. The molecule has 0 saturated carbocycles. The van der Waals surface area contributed by atoms with Gasteiger partial charge in [0.1, 0.15) is 0 Å². The largest absolute Gasteiger partial charge is 0.331 e. The molecule has 1 unspecified atom stereocenters. The highest BCUT2D eigenvalue weighted by Gasteiger charge is 2.40. The van der Waals surface area contributed by atoms with Gasteiger partial charge in [0.2, 0.25) is 0 Å². The van der Waals surface area contributed by atoms with E-state index in [4.69, 9.17) is 0 Å². The van der Waals surface area contributed by atoms with Crippen LogP contribution >= 0.6 is 0 Å². The summed E-state index contributed by atoms with van der Waals surface area (Å²) in [6.45, 7) is 20.9. The van der Waals surface area contributed by atoms with Gasteiger partial charge in [-0.05, 0) is 96.7 Å². The lowest BCUT2D eigenvalue weighted by Crippen LogP contribution is -2.40. The number of fused-ring (bicyclic) bond motifs is 3. The standard InChI is InChI=1S/C38H45N/c1-10-36(5,6)28-16-22-32-33-23-17-29(25-35(33)37(7,8)34(32)24-28)38(9,11-2)39(30-18-12-26(3)13-19-30)31-20-14-27(4)15-21-31/h12-25H,10-11H2,1-9H3. The van der Waals surface area contributed by atoms with Gasteiger partial charge >= 0.3 is 0 Å². The van der Waals surface area contributed by atoms with Crippen molar-refractivity contribution < 1.29 is 0 Å². The van der Waals surface area contributed by atoms with Crippen molar-refractivity contribution in [3.63, 3.8) is 0 Å². The third-order valence-electron chi connectivity index (χ3n) is 9.73. The lowest BCUT2D eigenvalue weighted by molar-refractivity contribution is 0.462. The molecule has 0 N–H and O–H groups in total. The molecule has 1 nitrogen and oxygen atoms in total. The van der Waals surface area contributed by atoms with Gasteiger partial charge in [0.15, 0.2) is 0 Å². The number of nitrogens with zero attached hydrogens (tertiary/aromatic N) is 1. The Labute approximate surface area is 236 Å². The summed E-state index contributed by atoms with van der Waals surface area (Å²) in [7, 11) is 0. The summed E-state index contributed by atoms with van der Waals surface area (Å²) in [6.07, 6.45) is 2.11. The lowest BCUT2D eigenvalue weighted by atomic mass is 9.76. The average Bonchev–Trinajstić information content (AvgIpc) is 3.16. The normalized spacial score (nSPS) is 15.4. The number of anilines is 2. The molecule has 1 aliphatic carbocycles. The highest BCUT2D eigenvalue weighted by atomic mass is 15.2.